The first-order chi connectivity index (χ1) is 10.5. The Kier molecular flexibility index (Phi) is 6.22. The summed E-state index contributed by atoms with van der Waals surface area (Å²) in [6, 6.07) is 3.42. The van der Waals surface area contributed by atoms with E-state index in [0.717, 1.165) is 30.8 Å². The van der Waals surface area contributed by atoms with Crippen LogP contribution in [0.15, 0.2) is 21.3 Å². The van der Waals surface area contributed by atoms with Crippen molar-refractivity contribution in [1.82, 2.24) is 9.62 Å². The lowest BCUT2D eigenvalue weighted by atomic mass is 10.2. The largest absolute Gasteiger partial charge is 0.370 e. The minimum Gasteiger partial charge on any atom is -0.370 e. The average molecular weight is 345 g/mol. The number of likely N-dealkylation sites (tertiary alicyclic amines) is 1. The van der Waals surface area contributed by atoms with Crippen LogP contribution in [0.5, 0.6) is 0 Å². The second-order valence-corrected chi connectivity index (χ2v) is 8.69. The second-order valence-electron chi connectivity index (χ2n) is 5.40. The molecule has 124 valence electrons. The third kappa shape index (κ3) is 4.96. The summed E-state index contributed by atoms with van der Waals surface area (Å²) < 4.78 is 27.0. The monoisotopic (exact) mass is 344 g/mol. The van der Waals surface area contributed by atoms with Gasteiger partial charge in [0.15, 0.2) is 5.96 Å². The molecule has 3 N–H and O–H groups in total. The van der Waals surface area contributed by atoms with E-state index in [2.05, 4.69) is 14.6 Å². The molecular formula is C14H24N4O2S2. The van der Waals surface area contributed by atoms with Gasteiger partial charge in [0.25, 0.3) is 0 Å². The Hall–Kier alpha value is -1.12. The van der Waals surface area contributed by atoms with Crippen molar-refractivity contribution in [3.63, 3.8) is 0 Å². The Balaban J connectivity index is 1.81. The molecule has 2 rings (SSSR count). The highest BCUT2D eigenvalue weighted by Gasteiger charge is 2.15. The van der Waals surface area contributed by atoms with Crippen LogP contribution in [0.25, 0.3) is 0 Å². The molecule has 6 nitrogen and oxygen atoms in total. The quantitative estimate of drug-likeness (QED) is 0.482. The van der Waals surface area contributed by atoms with Gasteiger partial charge in [0.1, 0.15) is 4.21 Å². The number of aryl methyl sites for hydroxylation is 1. The molecule has 0 atom stereocenters. The highest BCUT2D eigenvalue weighted by atomic mass is 32.2. The number of nitrogens with one attached hydrogen (secondary N) is 1. The summed E-state index contributed by atoms with van der Waals surface area (Å²) in [6.07, 6.45) is 4.76. The van der Waals surface area contributed by atoms with Crippen molar-refractivity contribution < 1.29 is 8.42 Å². The SMILES string of the molecule is Cc1ccc(S(=O)(=O)NCCN=C(N)N2CCCCCC2)s1. The van der Waals surface area contributed by atoms with E-state index in [0.29, 0.717) is 16.7 Å². The molecule has 2 heterocycles. The number of guanidine groups is 1. The standard InChI is InChI=1S/C14H24N4O2S2/c1-12-6-7-13(21-12)22(19,20)17-9-8-16-14(15)18-10-4-2-3-5-11-18/h6-7,17H,2-5,8-11H2,1H3,(H2,15,16). The summed E-state index contributed by atoms with van der Waals surface area (Å²) >= 11 is 1.26. The fourth-order valence-corrected chi connectivity index (χ4v) is 4.73. The van der Waals surface area contributed by atoms with Crippen LogP contribution in [0.3, 0.4) is 0 Å². The molecule has 0 aromatic carbocycles. The predicted octanol–water partition coefficient (Wildman–Crippen LogP) is 1.53. The number of nitrogens with zero attached hydrogens (tertiary/aromatic N) is 2. The molecule has 1 aromatic heterocycles. The summed E-state index contributed by atoms with van der Waals surface area (Å²) in [5.74, 6) is 0.521. The van der Waals surface area contributed by atoms with Gasteiger partial charge in [0, 0.05) is 24.5 Å². The van der Waals surface area contributed by atoms with Crippen LogP contribution in [-0.2, 0) is 10.0 Å². The summed E-state index contributed by atoms with van der Waals surface area (Å²) in [6.45, 7) is 4.38. The average Bonchev–Trinajstić information content (AvgIpc) is 2.76. The minimum absolute atomic E-state index is 0.258. The molecular weight excluding hydrogens is 320 g/mol. The Morgan fingerprint density at radius 2 is 2.00 bits per heavy atom. The van der Waals surface area contributed by atoms with Gasteiger partial charge in [0.05, 0.1) is 6.54 Å². The molecule has 1 aromatic rings. The molecule has 1 aliphatic heterocycles. The zero-order valence-electron chi connectivity index (χ0n) is 12.9. The Bertz CT molecular complexity index is 602. The van der Waals surface area contributed by atoms with Gasteiger partial charge in [-0.2, -0.15) is 0 Å². The predicted molar refractivity (Wildman–Crippen MR) is 90.8 cm³/mol. The first kappa shape index (κ1) is 17.2. The minimum atomic E-state index is -3.42. The van der Waals surface area contributed by atoms with Crippen molar-refractivity contribution in [1.29, 1.82) is 0 Å². The van der Waals surface area contributed by atoms with E-state index in [1.807, 2.05) is 6.92 Å². The molecule has 0 unspecified atom stereocenters. The first-order valence-corrected chi connectivity index (χ1v) is 9.90. The number of thiophene rings is 1. The van der Waals surface area contributed by atoms with Gasteiger partial charge in [-0.3, -0.25) is 4.99 Å². The molecule has 22 heavy (non-hydrogen) atoms. The number of rotatable bonds is 5. The van der Waals surface area contributed by atoms with Crippen LogP contribution in [0.4, 0.5) is 0 Å². The molecule has 1 saturated heterocycles. The Labute approximate surface area is 136 Å². The zero-order chi connectivity index (χ0) is 16.0. The lowest BCUT2D eigenvalue weighted by Crippen LogP contribution is -2.38. The zero-order valence-corrected chi connectivity index (χ0v) is 14.5. The van der Waals surface area contributed by atoms with Gasteiger partial charge in [-0.05, 0) is 31.9 Å². The molecule has 8 heteroatoms. The fourth-order valence-electron chi connectivity index (χ4n) is 2.38. The number of nitrogens with two attached hydrogens (primary N) is 1. The van der Waals surface area contributed by atoms with Gasteiger partial charge in [-0.1, -0.05) is 12.8 Å². The maximum Gasteiger partial charge on any atom is 0.250 e. The summed E-state index contributed by atoms with van der Waals surface area (Å²) in [7, 11) is -3.42. The molecule has 0 radical (unpaired) electrons. The van der Waals surface area contributed by atoms with Gasteiger partial charge in [-0.15, -0.1) is 11.3 Å². The smallest absolute Gasteiger partial charge is 0.250 e. The maximum atomic E-state index is 12.0. The summed E-state index contributed by atoms with van der Waals surface area (Å²) in [4.78, 5) is 7.35. The lowest BCUT2D eigenvalue weighted by molar-refractivity contribution is 0.428. The van der Waals surface area contributed by atoms with E-state index in [-0.39, 0.29) is 6.54 Å². The van der Waals surface area contributed by atoms with Crippen LogP contribution in [0.1, 0.15) is 30.6 Å². The highest BCUT2D eigenvalue weighted by Crippen LogP contribution is 2.19. The third-order valence-electron chi connectivity index (χ3n) is 3.59. The van der Waals surface area contributed by atoms with Crippen molar-refractivity contribution in [3.05, 3.63) is 17.0 Å². The van der Waals surface area contributed by atoms with E-state index in [1.165, 1.54) is 24.2 Å². The summed E-state index contributed by atoms with van der Waals surface area (Å²) in [5, 5.41) is 0. The van der Waals surface area contributed by atoms with E-state index in [1.54, 1.807) is 12.1 Å². The van der Waals surface area contributed by atoms with Gasteiger partial charge in [-0.25, -0.2) is 13.1 Å². The van der Waals surface area contributed by atoms with Gasteiger partial charge in [0.2, 0.25) is 10.0 Å². The number of hydrogen-bond donors (Lipinski definition) is 2. The van der Waals surface area contributed by atoms with Crippen molar-refractivity contribution >= 4 is 27.3 Å². The maximum absolute atomic E-state index is 12.0. The fraction of sp³-hybridized carbons (Fsp3) is 0.643. The van der Waals surface area contributed by atoms with Crippen molar-refractivity contribution in [2.24, 2.45) is 10.7 Å². The first-order valence-electron chi connectivity index (χ1n) is 7.60. The van der Waals surface area contributed by atoms with Crippen LogP contribution in [0, 0.1) is 6.92 Å². The van der Waals surface area contributed by atoms with E-state index in [4.69, 9.17) is 5.73 Å². The molecule has 0 bridgehead atoms. The van der Waals surface area contributed by atoms with Crippen molar-refractivity contribution in [2.75, 3.05) is 26.2 Å². The molecule has 0 amide bonds. The van der Waals surface area contributed by atoms with E-state index in [9.17, 15) is 8.42 Å². The Morgan fingerprint density at radius 1 is 1.32 bits per heavy atom. The molecule has 0 spiro atoms. The lowest BCUT2D eigenvalue weighted by Gasteiger charge is -2.21. The second kappa shape index (κ2) is 7.94. The topological polar surface area (TPSA) is 87.8 Å². The summed E-state index contributed by atoms with van der Waals surface area (Å²) in [5.41, 5.74) is 5.98. The molecule has 1 fully saturated rings. The van der Waals surface area contributed by atoms with Crippen LogP contribution >= 0.6 is 11.3 Å². The van der Waals surface area contributed by atoms with E-state index >= 15 is 0 Å². The number of hydrogen-bond acceptors (Lipinski definition) is 4. The van der Waals surface area contributed by atoms with Crippen LogP contribution in [-0.4, -0.2) is 45.5 Å². The normalized spacial score (nSPS) is 17.5. The Morgan fingerprint density at radius 3 is 2.59 bits per heavy atom. The molecule has 0 saturated carbocycles. The molecule has 0 aliphatic carbocycles. The van der Waals surface area contributed by atoms with Gasteiger partial charge < -0.3 is 10.6 Å². The third-order valence-corrected chi connectivity index (χ3v) is 6.54. The van der Waals surface area contributed by atoms with E-state index < -0.39 is 10.0 Å². The van der Waals surface area contributed by atoms with Crippen molar-refractivity contribution in [3.8, 4) is 0 Å². The van der Waals surface area contributed by atoms with Crippen molar-refractivity contribution in [2.45, 2.75) is 36.8 Å². The van der Waals surface area contributed by atoms with Crippen LogP contribution in [0.2, 0.25) is 0 Å². The van der Waals surface area contributed by atoms with Crippen LogP contribution < -0.4 is 10.5 Å². The van der Waals surface area contributed by atoms with Gasteiger partial charge >= 0.3 is 0 Å². The highest BCUT2D eigenvalue weighted by molar-refractivity contribution is 7.91. The number of aliphatic imine (C=N–C) groups is 1. The molecule has 1 aliphatic rings. The number of sulfonamides is 1.